The second-order valence-electron chi connectivity index (χ2n) is 2.45. The van der Waals surface area contributed by atoms with E-state index in [1.807, 2.05) is 13.0 Å². The lowest BCUT2D eigenvalue weighted by Crippen LogP contribution is -1.99. The van der Waals surface area contributed by atoms with Crippen molar-refractivity contribution in [3.8, 4) is 0 Å². The Morgan fingerprint density at radius 2 is 2.38 bits per heavy atom. The standard InChI is InChI=1S/C9H12N4/c1-4-5-6-8(10-3)9-11-7(2)12-13-9/h4-6H,1H2,2-3H3,(H,11,12,13)/b6-5-,10-8?. The van der Waals surface area contributed by atoms with Crippen molar-refractivity contribution in [2.24, 2.45) is 4.99 Å². The van der Waals surface area contributed by atoms with Gasteiger partial charge in [0.05, 0.1) is 0 Å². The number of hydrogen-bond acceptors (Lipinski definition) is 3. The Morgan fingerprint density at radius 1 is 1.62 bits per heavy atom. The molecule has 0 fully saturated rings. The second-order valence-corrected chi connectivity index (χ2v) is 2.45. The van der Waals surface area contributed by atoms with Gasteiger partial charge in [0.1, 0.15) is 11.5 Å². The van der Waals surface area contributed by atoms with E-state index in [0.29, 0.717) is 5.82 Å². The van der Waals surface area contributed by atoms with Crippen LogP contribution in [0.15, 0.2) is 29.8 Å². The fourth-order valence-corrected chi connectivity index (χ4v) is 0.866. The normalized spacial score (nSPS) is 12.3. The molecule has 0 atom stereocenters. The quantitative estimate of drug-likeness (QED) is 0.557. The number of rotatable bonds is 3. The molecule has 0 amide bonds. The summed E-state index contributed by atoms with van der Waals surface area (Å²) in [6, 6.07) is 0. The molecule has 0 aliphatic rings. The Balaban J connectivity index is 2.91. The van der Waals surface area contributed by atoms with Crippen LogP contribution in [0.2, 0.25) is 0 Å². The van der Waals surface area contributed by atoms with Gasteiger partial charge in [-0.1, -0.05) is 18.7 Å². The molecule has 1 aromatic rings. The molecular weight excluding hydrogens is 164 g/mol. The zero-order chi connectivity index (χ0) is 9.68. The van der Waals surface area contributed by atoms with Crippen molar-refractivity contribution in [1.29, 1.82) is 0 Å². The summed E-state index contributed by atoms with van der Waals surface area (Å²) < 4.78 is 0. The maximum Gasteiger partial charge on any atom is 0.199 e. The van der Waals surface area contributed by atoms with E-state index in [1.165, 1.54) is 0 Å². The molecule has 1 heterocycles. The van der Waals surface area contributed by atoms with Crippen LogP contribution >= 0.6 is 0 Å². The Labute approximate surface area is 77.1 Å². The summed E-state index contributed by atoms with van der Waals surface area (Å²) in [6.07, 6.45) is 5.30. The first-order chi connectivity index (χ1) is 6.27. The molecule has 13 heavy (non-hydrogen) atoms. The third-order valence-electron chi connectivity index (χ3n) is 1.46. The maximum atomic E-state index is 4.15. The zero-order valence-electron chi connectivity index (χ0n) is 7.78. The molecule has 1 N–H and O–H groups in total. The number of aromatic nitrogens is 3. The summed E-state index contributed by atoms with van der Waals surface area (Å²) in [7, 11) is 1.70. The topological polar surface area (TPSA) is 53.9 Å². The average molecular weight is 176 g/mol. The Hall–Kier alpha value is -1.71. The minimum Gasteiger partial charge on any atom is -0.285 e. The van der Waals surface area contributed by atoms with Gasteiger partial charge >= 0.3 is 0 Å². The molecule has 4 nitrogen and oxygen atoms in total. The smallest absolute Gasteiger partial charge is 0.199 e. The monoisotopic (exact) mass is 176 g/mol. The number of nitrogens with one attached hydrogen (secondary N) is 1. The van der Waals surface area contributed by atoms with E-state index < -0.39 is 0 Å². The highest BCUT2D eigenvalue weighted by Gasteiger charge is 2.03. The van der Waals surface area contributed by atoms with Crippen molar-refractivity contribution in [2.45, 2.75) is 6.92 Å². The van der Waals surface area contributed by atoms with Gasteiger partial charge in [0.25, 0.3) is 0 Å². The predicted octanol–water partition coefficient (Wildman–Crippen LogP) is 1.27. The lowest BCUT2D eigenvalue weighted by atomic mass is 10.3. The van der Waals surface area contributed by atoms with Gasteiger partial charge < -0.3 is 0 Å². The molecule has 1 rings (SSSR count). The van der Waals surface area contributed by atoms with E-state index in [-0.39, 0.29) is 0 Å². The van der Waals surface area contributed by atoms with Crippen LogP contribution in [0.3, 0.4) is 0 Å². The maximum absolute atomic E-state index is 4.15. The number of aryl methyl sites for hydroxylation is 1. The van der Waals surface area contributed by atoms with Crippen molar-refractivity contribution in [1.82, 2.24) is 15.2 Å². The van der Waals surface area contributed by atoms with Gasteiger partial charge in [-0.3, -0.25) is 10.1 Å². The Morgan fingerprint density at radius 3 is 2.85 bits per heavy atom. The van der Waals surface area contributed by atoms with Gasteiger partial charge in [0.2, 0.25) is 0 Å². The van der Waals surface area contributed by atoms with Crippen LogP contribution in [0.1, 0.15) is 11.6 Å². The molecule has 1 aromatic heterocycles. The van der Waals surface area contributed by atoms with Gasteiger partial charge in [-0.2, -0.15) is 5.10 Å². The number of nitrogens with zero attached hydrogens (tertiary/aromatic N) is 3. The molecule has 0 spiro atoms. The van der Waals surface area contributed by atoms with Gasteiger partial charge in [0, 0.05) is 7.05 Å². The van der Waals surface area contributed by atoms with Gasteiger partial charge in [-0.15, -0.1) is 0 Å². The second kappa shape index (κ2) is 4.35. The molecule has 68 valence electrons. The molecule has 4 heteroatoms. The summed E-state index contributed by atoms with van der Waals surface area (Å²) >= 11 is 0. The molecule has 0 saturated heterocycles. The number of allylic oxidation sites excluding steroid dienone is 3. The summed E-state index contributed by atoms with van der Waals surface area (Å²) in [4.78, 5) is 8.20. The molecule has 0 saturated carbocycles. The summed E-state index contributed by atoms with van der Waals surface area (Å²) in [5.74, 6) is 1.39. The minimum atomic E-state index is 0.609. The van der Waals surface area contributed by atoms with E-state index in [4.69, 9.17) is 0 Å². The third kappa shape index (κ3) is 2.37. The Kier molecular flexibility index (Phi) is 3.14. The van der Waals surface area contributed by atoms with Crippen LogP contribution in [0.5, 0.6) is 0 Å². The van der Waals surface area contributed by atoms with Crippen LogP contribution in [-0.4, -0.2) is 27.9 Å². The van der Waals surface area contributed by atoms with E-state index in [9.17, 15) is 0 Å². The molecule has 0 radical (unpaired) electrons. The molecule has 0 aliphatic carbocycles. The SMILES string of the molecule is C=C/C=C\C(=NC)c1n[nH]c(C)n1. The van der Waals surface area contributed by atoms with Crippen LogP contribution in [0.25, 0.3) is 0 Å². The Bertz CT molecular complexity index is 346. The van der Waals surface area contributed by atoms with Gasteiger partial charge in [-0.25, -0.2) is 4.98 Å². The molecule has 0 aliphatic heterocycles. The van der Waals surface area contributed by atoms with Gasteiger partial charge in [-0.05, 0) is 13.0 Å². The summed E-state index contributed by atoms with van der Waals surface area (Å²) in [6.45, 7) is 5.42. The van der Waals surface area contributed by atoms with E-state index in [1.54, 1.807) is 19.2 Å². The number of aliphatic imine (C=N–C) groups is 1. The van der Waals surface area contributed by atoms with E-state index in [2.05, 4.69) is 26.8 Å². The molecule has 0 bridgehead atoms. The van der Waals surface area contributed by atoms with Crippen LogP contribution in [-0.2, 0) is 0 Å². The highest BCUT2D eigenvalue weighted by molar-refractivity contribution is 6.06. The summed E-state index contributed by atoms with van der Waals surface area (Å²) in [5, 5.41) is 6.75. The van der Waals surface area contributed by atoms with Crippen LogP contribution in [0, 0.1) is 6.92 Å². The largest absolute Gasteiger partial charge is 0.285 e. The van der Waals surface area contributed by atoms with E-state index >= 15 is 0 Å². The molecular formula is C9H12N4. The zero-order valence-corrected chi connectivity index (χ0v) is 7.78. The lowest BCUT2D eigenvalue weighted by Gasteiger charge is -1.90. The average Bonchev–Trinajstić information content (AvgIpc) is 2.54. The van der Waals surface area contributed by atoms with Crippen LogP contribution in [0.4, 0.5) is 0 Å². The fraction of sp³-hybridized carbons (Fsp3) is 0.222. The minimum absolute atomic E-state index is 0.609. The molecule has 0 unspecified atom stereocenters. The van der Waals surface area contributed by atoms with Crippen molar-refractivity contribution in [3.63, 3.8) is 0 Å². The highest BCUT2D eigenvalue weighted by Crippen LogP contribution is 1.95. The first-order valence-electron chi connectivity index (χ1n) is 3.93. The molecule has 0 aromatic carbocycles. The highest BCUT2D eigenvalue weighted by atomic mass is 15.2. The van der Waals surface area contributed by atoms with Crippen molar-refractivity contribution in [3.05, 3.63) is 36.5 Å². The predicted molar refractivity (Wildman–Crippen MR) is 52.9 cm³/mol. The fourth-order valence-electron chi connectivity index (χ4n) is 0.866. The summed E-state index contributed by atoms with van der Waals surface area (Å²) in [5.41, 5.74) is 0.740. The van der Waals surface area contributed by atoms with Crippen LogP contribution < -0.4 is 0 Å². The number of aromatic amines is 1. The first kappa shape index (κ1) is 9.38. The van der Waals surface area contributed by atoms with Crippen molar-refractivity contribution in [2.75, 3.05) is 7.05 Å². The van der Waals surface area contributed by atoms with Gasteiger partial charge in [0.15, 0.2) is 5.82 Å². The number of H-pyrrole nitrogens is 1. The first-order valence-corrected chi connectivity index (χ1v) is 3.93. The van der Waals surface area contributed by atoms with Crippen molar-refractivity contribution >= 4 is 5.71 Å². The third-order valence-corrected chi connectivity index (χ3v) is 1.46. The lowest BCUT2D eigenvalue weighted by molar-refractivity contribution is 1.03. The van der Waals surface area contributed by atoms with E-state index in [0.717, 1.165) is 11.5 Å². The van der Waals surface area contributed by atoms with Crippen molar-refractivity contribution < 1.29 is 0 Å². The number of hydrogen-bond donors (Lipinski definition) is 1.